The fourth-order valence-electron chi connectivity index (χ4n) is 1.69. The van der Waals surface area contributed by atoms with E-state index in [0.29, 0.717) is 11.4 Å². The lowest BCUT2D eigenvalue weighted by Gasteiger charge is -2.31. The highest BCUT2D eigenvalue weighted by atomic mass is 16.4. The third kappa shape index (κ3) is 2.22. The van der Waals surface area contributed by atoms with E-state index in [2.05, 4.69) is 4.98 Å². The quantitative estimate of drug-likeness (QED) is 0.767. The lowest BCUT2D eigenvalue weighted by Crippen LogP contribution is -2.52. The average Bonchev–Trinajstić information content (AvgIpc) is 2.38. The molecule has 0 spiro atoms. The third-order valence-corrected chi connectivity index (χ3v) is 2.64. The molecule has 18 heavy (non-hydrogen) atoms. The number of anilines is 1. The number of pyridine rings is 1. The summed E-state index contributed by atoms with van der Waals surface area (Å²) in [6, 6.07) is 5.08. The molecule has 1 aromatic heterocycles. The SMILES string of the molecule is N#Cc1ccc(N2CCN(C(=O)O)CC2=O)nc1. The van der Waals surface area contributed by atoms with Crippen LogP contribution in [0.4, 0.5) is 10.6 Å². The number of nitriles is 1. The van der Waals surface area contributed by atoms with E-state index in [1.165, 1.54) is 11.1 Å². The third-order valence-electron chi connectivity index (χ3n) is 2.64. The van der Waals surface area contributed by atoms with Crippen LogP contribution in [0, 0.1) is 11.3 Å². The van der Waals surface area contributed by atoms with Crippen LogP contribution in [-0.2, 0) is 4.79 Å². The fourth-order valence-corrected chi connectivity index (χ4v) is 1.69. The molecule has 0 unspecified atom stereocenters. The lowest BCUT2D eigenvalue weighted by molar-refractivity contribution is -0.120. The van der Waals surface area contributed by atoms with Crippen LogP contribution in [0.15, 0.2) is 18.3 Å². The maximum atomic E-state index is 11.8. The number of amides is 2. The Morgan fingerprint density at radius 2 is 2.22 bits per heavy atom. The first-order valence-corrected chi connectivity index (χ1v) is 5.26. The molecule has 1 aliphatic heterocycles. The molecule has 0 atom stereocenters. The van der Waals surface area contributed by atoms with Crippen molar-refractivity contribution in [2.45, 2.75) is 0 Å². The molecule has 1 N–H and O–H groups in total. The van der Waals surface area contributed by atoms with Crippen LogP contribution in [0.25, 0.3) is 0 Å². The molecule has 2 rings (SSSR count). The van der Waals surface area contributed by atoms with Gasteiger partial charge in [0, 0.05) is 19.3 Å². The highest BCUT2D eigenvalue weighted by molar-refractivity contribution is 5.96. The molecule has 0 aliphatic carbocycles. The van der Waals surface area contributed by atoms with E-state index in [-0.39, 0.29) is 25.5 Å². The van der Waals surface area contributed by atoms with Gasteiger partial charge in [-0.3, -0.25) is 14.6 Å². The Morgan fingerprint density at radius 3 is 2.72 bits per heavy atom. The van der Waals surface area contributed by atoms with Gasteiger partial charge in [0.2, 0.25) is 5.91 Å². The van der Waals surface area contributed by atoms with Gasteiger partial charge in [-0.05, 0) is 12.1 Å². The molecule has 7 heteroatoms. The average molecular weight is 246 g/mol. The zero-order valence-corrected chi connectivity index (χ0v) is 9.41. The predicted molar refractivity (Wildman–Crippen MR) is 60.9 cm³/mol. The van der Waals surface area contributed by atoms with Crippen molar-refractivity contribution in [2.75, 3.05) is 24.5 Å². The fraction of sp³-hybridized carbons (Fsp3) is 0.273. The van der Waals surface area contributed by atoms with Crippen molar-refractivity contribution in [3.63, 3.8) is 0 Å². The Hall–Kier alpha value is -2.62. The molecule has 2 heterocycles. The topological polar surface area (TPSA) is 97.5 Å². The number of piperazine rings is 1. The van der Waals surface area contributed by atoms with E-state index in [0.717, 1.165) is 4.90 Å². The second-order valence-electron chi connectivity index (χ2n) is 3.77. The molecular weight excluding hydrogens is 236 g/mol. The zero-order chi connectivity index (χ0) is 13.1. The number of carbonyl (C=O) groups is 2. The highest BCUT2D eigenvalue weighted by Gasteiger charge is 2.28. The van der Waals surface area contributed by atoms with Gasteiger partial charge >= 0.3 is 6.09 Å². The number of hydrogen-bond acceptors (Lipinski definition) is 4. The predicted octanol–water partition coefficient (Wildman–Crippen LogP) is 0.280. The first kappa shape index (κ1) is 11.9. The zero-order valence-electron chi connectivity index (χ0n) is 9.41. The maximum absolute atomic E-state index is 11.8. The van der Waals surface area contributed by atoms with Gasteiger partial charge in [0.05, 0.1) is 5.56 Å². The van der Waals surface area contributed by atoms with Gasteiger partial charge < -0.3 is 5.11 Å². The van der Waals surface area contributed by atoms with Crippen LogP contribution in [0.5, 0.6) is 0 Å². The molecule has 2 amide bonds. The van der Waals surface area contributed by atoms with Gasteiger partial charge in [-0.2, -0.15) is 5.26 Å². The van der Waals surface area contributed by atoms with Crippen molar-refractivity contribution in [2.24, 2.45) is 0 Å². The van der Waals surface area contributed by atoms with Crippen LogP contribution in [0.3, 0.4) is 0 Å². The Morgan fingerprint density at radius 1 is 1.44 bits per heavy atom. The van der Waals surface area contributed by atoms with Crippen LogP contribution in [-0.4, -0.2) is 46.6 Å². The summed E-state index contributed by atoms with van der Waals surface area (Å²) < 4.78 is 0. The second kappa shape index (κ2) is 4.71. The van der Waals surface area contributed by atoms with E-state index in [1.807, 2.05) is 6.07 Å². The summed E-state index contributed by atoms with van der Waals surface area (Å²) in [5.74, 6) is 0.116. The van der Waals surface area contributed by atoms with E-state index in [1.54, 1.807) is 12.1 Å². The number of aromatic nitrogens is 1. The first-order chi connectivity index (χ1) is 8.61. The minimum absolute atomic E-state index is 0.170. The summed E-state index contributed by atoms with van der Waals surface area (Å²) in [4.78, 5) is 29.0. The van der Waals surface area contributed by atoms with Gasteiger partial charge in [0.15, 0.2) is 0 Å². The number of rotatable bonds is 1. The van der Waals surface area contributed by atoms with E-state index >= 15 is 0 Å². The molecule has 0 aromatic carbocycles. The number of hydrogen-bond donors (Lipinski definition) is 1. The van der Waals surface area contributed by atoms with Crippen molar-refractivity contribution in [3.05, 3.63) is 23.9 Å². The monoisotopic (exact) mass is 246 g/mol. The first-order valence-electron chi connectivity index (χ1n) is 5.26. The summed E-state index contributed by atoms with van der Waals surface area (Å²) in [6.07, 6.45) is 0.280. The molecule has 0 saturated carbocycles. The van der Waals surface area contributed by atoms with Gasteiger partial charge in [0.1, 0.15) is 18.4 Å². The number of nitrogens with zero attached hydrogens (tertiary/aromatic N) is 4. The minimum atomic E-state index is -1.10. The van der Waals surface area contributed by atoms with E-state index in [4.69, 9.17) is 10.4 Å². The smallest absolute Gasteiger partial charge is 0.407 e. The normalized spacial score (nSPS) is 15.4. The summed E-state index contributed by atoms with van der Waals surface area (Å²) >= 11 is 0. The molecular formula is C11H10N4O3. The van der Waals surface area contributed by atoms with E-state index in [9.17, 15) is 9.59 Å². The summed E-state index contributed by atoms with van der Waals surface area (Å²) in [7, 11) is 0. The Balaban J connectivity index is 2.13. The van der Waals surface area contributed by atoms with Crippen molar-refractivity contribution < 1.29 is 14.7 Å². The lowest BCUT2D eigenvalue weighted by atomic mass is 10.2. The van der Waals surface area contributed by atoms with Crippen LogP contribution >= 0.6 is 0 Å². The van der Waals surface area contributed by atoms with Crippen molar-refractivity contribution in [1.82, 2.24) is 9.88 Å². The number of carbonyl (C=O) groups excluding carboxylic acids is 1. The number of carboxylic acid groups (broad SMARTS) is 1. The van der Waals surface area contributed by atoms with Gasteiger partial charge in [-0.15, -0.1) is 0 Å². The highest BCUT2D eigenvalue weighted by Crippen LogP contribution is 2.14. The molecule has 92 valence electrons. The van der Waals surface area contributed by atoms with E-state index < -0.39 is 6.09 Å². The largest absolute Gasteiger partial charge is 0.465 e. The second-order valence-corrected chi connectivity index (χ2v) is 3.77. The molecule has 1 saturated heterocycles. The van der Waals surface area contributed by atoms with Crippen molar-refractivity contribution in [3.8, 4) is 6.07 Å². The van der Waals surface area contributed by atoms with Crippen molar-refractivity contribution in [1.29, 1.82) is 5.26 Å². The van der Waals surface area contributed by atoms with Gasteiger partial charge in [-0.1, -0.05) is 0 Å². The molecule has 7 nitrogen and oxygen atoms in total. The van der Waals surface area contributed by atoms with Crippen LogP contribution in [0.2, 0.25) is 0 Å². The minimum Gasteiger partial charge on any atom is -0.465 e. The van der Waals surface area contributed by atoms with Gasteiger partial charge in [-0.25, -0.2) is 9.78 Å². The van der Waals surface area contributed by atoms with Crippen molar-refractivity contribution >= 4 is 17.8 Å². The molecule has 1 aliphatic rings. The Kier molecular flexibility index (Phi) is 3.10. The molecule has 1 fully saturated rings. The summed E-state index contributed by atoms with van der Waals surface area (Å²) in [5.41, 5.74) is 0.412. The summed E-state index contributed by atoms with van der Waals surface area (Å²) in [6.45, 7) is 0.351. The molecule has 0 bridgehead atoms. The maximum Gasteiger partial charge on any atom is 0.407 e. The standard InChI is InChI=1S/C11H10N4O3/c12-5-8-1-2-9(13-6-8)15-4-3-14(11(17)18)7-10(15)16/h1-2,6H,3-4,7H2,(H,17,18). The van der Waals surface area contributed by atoms with Crippen LogP contribution < -0.4 is 4.90 Å². The Bertz CT molecular complexity index is 520. The summed E-state index contributed by atoms with van der Waals surface area (Å²) in [5, 5.41) is 17.4. The Labute approximate surface area is 103 Å². The molecule has 1 aromatic rings. The molecule has 0 radical (unpaired) electrons. The van der Waals surface area contributed by atoms with Crippen LogP contribution in [0.1, 0.15) is 5.56 Å². The van der Waals surface area contributed by atoms with Gasteiger partial charge in [0.25, 0.3) is 0 Å².